The van der Waals surface area contributed by atoms with Gasteiger partial charge in [0.25, 0.3) is 5.56 Å². The summed E-state index contributed by atoms with van der Waals surface area (Å²) in [5.41, 5.74) is 5.16. The molecule has 3 aromatic rings. The highest BCUT2D eigenvalue weighted by molar-refractivity contribution is 5.81. The molecule has 0 saturated heterocycles. The number of nitrogens with zero attached hydrogens (tertiary/aromatic N) is 3. The Balaban J connectivity index is 1.97. The Bertz CT molecular complexity index is 842. The fraction of sp³-hybridized carbons (Fsp3) is 0.267. The van der Waals surface area contributed by atoms with Gasteiger partial charge in [-0.2, -0.15) is 4.98 Å². The van der Waals surface area contributed by atoms with Crippen LogP contribution in [0.25, 0.3) is 10.8 Å². The quantitative estimate of drug-likeness (QED) is 0.789. The fourth-order valence-corrected chi connectivity index (χ4v) is 2.08. The first-order valence-electron chi connectivity index (χ1n) is 6.65. The van der Waals surface area contributed by atoms with Gasteiger partial charge in [-0.15, -0.1) is 0 Å². The van der Waals surface area contributed by atoms with E-state index in [0.29, 0.717) is 17.1 Å². The molecule has 0 saturated carbocycles. The number of rotatable bonds is 3. The summed E-state index contributed by atoms with van der Waals surface area (Å²) in [6, 6.07) is 9.34. The summed E-state index contributed by atoms with van der Waals surface area (Å²) in [7, 11) is 0. The van der Waals surface area contributed by atoms with Crippen molar-refractivity contribution >= 4 is 10.8 Å². The van der Waals surface area contributed by atoms with E-state index in [0.717, 1.165) is 5.39 Å². The van der Waals surface area contributed by atoms with Crippen molar-refractivity contribution in [2.75, 3.05) is 0 Å². The van der Waals surface area contributed by atoms with Crippen LogP contribution in [0.3, 0.4) is 0 Å². The van der Waals surface area contributed by atoms with E-state index in [1.54, 1.807) is 30.7 Å². The van der Waals surface area contributed by atoms with Gasteiger partial charge in [0.2, 0.25) is 5.89 Å². The Hall–Kier alpha value is -2.47. The van der Waals surface area contributed by atoms with Crippen molar-refractivity contribution in [3.8, 4) is 0 Å². The van der Waals surface area contributed by atoms with Gasteiger partial charge >= 0.3 is 0 Å². The summed E-state index contributed by atoms with van der Waals surface area (Å²) < 4.78 is 6.71. The summed E-state index contributed by atoms with van der Waals surface area (Å²) in [4.78, 5) is 16.6. The van der Waals surface area contributed by atoms with E-state index < -0.39 is 5.54 Å². The maximum Gasteiger partial charge on any atom is 0.258 e. The first-order chi connectivity index (χ1) is 9.95. The molecule has 0 fully saturated rings. The molecule has 0 aliphatic carbocycles. The Morgan fingerprint density at radius 1 is 1.29 bits per heavy atom. The summed E-state index contributed by atoms with van der Waals surface area (Å²) in [6.45, 7) is 3.82. The lowest BCUT2D eigenvalue weighted by atomic mass is 10.1. The number of pyridine rings is 1. The molecule has 108 valence electrons. The van der Waals surface area contributed by atoms with Gasteiger partial charge < -0.3 is 14.8 Å². The maximum atomic E-state index is 12.4. The molecule has 21 heavy (non-hydrogen) atoms. The predicted octanol–water partition coefficient (Wildman–Crippen LogP) is 1.63. The number of hydrogen-bond acceptors (Lipinski definition) is 5. The SMILES string of the molecule is CC(C)(N)c1noc(Cn2ccc3ccccc3c2=O)n1. The van der Waals surface area contributed by atoms with Gasteiger partial charge in [0.15, 0.2) is 5.82 Å². The number of nitrogens with two attached hydrogens (primary N) is 1. The van der Waals surface area contributed by atoms with Crippen LogP contribution in [0.5, 0.6) is 0 Å². The average molecular weight is 284 g/mol. The van der Waals surface area contributed by atoms with Gasteiger partial charge in [-0.1, -0.05) is 23.4 Å². The highest BCUT2D eigenvalue weighted by Gasteiger charge is 2.21. The lowest BCUT2D eigenvalue weighted by molar-refractivity contribution is 0.354. The monoisotopic (exact) mass is 284 g/mol. The largest absolute Gasteiger partial charge is 0.337 e. The molecule has 0 radical (unpaired) electrons. The second-order valence-electron chi connectivity index (χ2n) is 5.57. The Kier molecular flexibility index (Phi) is 3.10. The summed E-state index contributed by atoms with van der Waals surface area (Å²) in [5, 5.41) is 5.43. The standard InChI is InChI=1S/C15H16N4O2/c1-15(2,16)14-17-12(21-18-14)9-19-8-7-10-5-3-4-6-11(10)13(19)20/h3-8H,9,16H2,1-2H3. The average Bonchev–Trinajstić information content (AvgIpc) is 2.91. The first-order valence-corrected chi connectivity index (χ1v) is 6.65. The molecule has 0 amide bonds. The van der Waals surface area contributed by atoms with Gasteiger partial charge in [0.05, 0.1) is 5.54 Å². The molecule has 1 aromatic carbocycles. The molecule has 6 nitrogen and oxygen atoms in total. The predicted molar refractivity (Wildman–Crippen MR) is 78.8 cm³/mol. The number of hydrogen-bond donors (Lipinski definition) is 1. The zero-order valence-corrected chi connectivity index (χ0v) is 11.9. The highest BCUT2D eigenvalue weighted by Crippen LogP contribution is 2.13. The molecule has 6 heteroatoms. The van der Waals surface area contributed by atoms with Gasteiger partial charge in [0, 0.05) is 11.6 Å². The molecule has 0 bridgehead atoms. The molecule has 0 spiro atoms. The first kappa shape index (κ1) is 13.5. The number of fused-ring (bicyclic) bond motifs is 1. The van der Waals surface area contributed by atoms with Gasteiger partial charge in [0.1, 0.15) is 6.54 Å². The lowest BCUT2D eigenvalue weighted by Crippen LogP contribution is -2.30. The van der Waals surface area contributed by atoms with Gasteiger partial charge in [-0.05, 0) is 31.4 Å². The number of aromatic nitrogens is 3. The molecule has 0 atom stereocenters. The number of benzene rings is 1. The van der Waals surface area contributed by atoms with Crippen LogP contribution >= 0.6 is 0 Å². The maximum absolute atomic E-state index is 12.4. The third-order valence-electron chi connectivity index (χ3n) is 3.24. The lowest BCUT2D eigenvalue weighted by Gasteiger charge is -2.11. The van der Waals surface area contributed by atoms with Crippen LogP contribution < -0.4 is 11.3 Å². The third kappa shape index (κ3) is 2.57. The van der Waals surface area contributed by atoms with Crippen molar-refractivity contribution in [3.63, 3.8) is 0 Å². The van der Waals surface area contributed by atoms with Crippen LogP contribution in [0.2, 0.25) is 0 Å². The molecule has 2 heterocycles. The fourth-order valence-electron chi connectivity index (χ4n) is 2.08. The van der Waals surface area contributed by atoms with Crippen LogP contribution in [-0.2, 0) is 12.1 Å². The van der Waals surface area contributed by atoms with Gasteiger partial charge in [-0.3, -0.25) is 4.79 Å². The minimum Gasteiger partial charge on any atom is -0.337 e. The van der Waals surface area contributed by atoms with Crippen molar-refractivity contribution in [1.29, 1.82) is 0 Å². The normalized spacial score (nSPS) is 12.0. The Labute approximate surface area is 121 Å². The molecule has 2 aromatic heterocycles. The van der Waals surface area contributed by atoms with Crippen molar-refractivity contribution in [2.24, 2.45) is 5.73 Å². The zero-order chi connectivity index (χ0) is 15.0. The van der Waals surface area contributed by atoms with E-state index in [9.17, 15) is 4.79 Å². The second kappa shape index (κ2) is 4.82. The molecule has 0 aliphatic rings. The van der Waals surface area contributed by atoms with Crippen molar-refractivity contribution in [3.05, 3.63) is 58.6 Å². The smallest absolute Gasteiger partial charge is 0.258 e. The minimum atomic E-state index is -0.671. The summed E-state index contributed by atoms with van der Waals surface area (Å²) in [5.74, 6) is 0.784. The summed E-state index contributed by atoms with van der Waals surface area (Å²) in [6.07, 6.45) is 1.72. The molecule has 3 rings (SSSR count). The van der Waals surface area contributed by atoms with E-state index in [4.69, 9.17) is 10.3 Å². The van der Waals surface area contributed by atoms with Crippen molar-refractivity contribution in [2.45, 2.75) is 25.9 Å². The molecular formula is C15H16N4O2. The molecule has 0 aliphatic heterocycles. The zero-order valence-electron chi connectivity index (χ0n) is 11.9. The van der Waals surface area contributed by atoms with E-state index >= 15 is 0 Å². The Morgan fingerprint density at radius 2 is 2.05 bits per heavy atom. The van der Waals surface area contributed by atoms with Crippen LogP contribution in [-0.4, -0.2) is 14.7 Å². The van der Waals surface area contributed by atoms with Crippen molar-refractivity contribution in [1.82, 2.24) is 14.7 Å². The van der Waals surface area contributed by atoms with E-state index in [1.165, 1.54) is 0 Å². The van der Waals surface area contributed by atoms with Crippen LogP contribution in [0, 0.1) is 0 Å². The van der Waals surface area contributed by atoms with Crippen LogP contribution in [0.4, 0.5) is 0 Å². The topological polar surface area (TPSA) is 86.9 Å². The molecule has 0 unspecified atom stereocenters. The van der Waals surface area contributed by atoms with Gasteiger partial charge in [-0.25, -0.2) is 0 Å². The highest BCUT2D eigenvalue weighted by atomic mass is 16.5. The molecule has 2 N–H and O–H groups in total. The van der Waals surface area contributed by atoms with E-state index in [1.807, 2.05) is 24.3 Å². The van der Waals surface area contributed by atoms with Crippen LogP contribution in [0.1, 0.15) is 25.6 Å². The summed E-state index contributed by atoms with van der Waals surface area (Å²) >= 11 is 0. The molecular weight excluding hydrogens is 268 g/mol. The van der Waals surface area contributed by atoms with Crippen LogP contribution in [0.15, 0.2) is 45.8 Å². The second-order valence-corrected chi connectivity index (χ2v) is 5.57. The third-order valence-corrected chi connectivity index (χ3v) is 3.24. The van der Waals surface area contributed by atoms with E-state index in [-0.39, 0.29) is 12.1 Å². The Morgan fingerprint density at radius 3 is 2.76 bits per heavy atom. The minimum absolute atomic E-state index is 0.0835. The van der Waals surface area contributed by atoms with Crippen molar-refractivity contribution < 1.29 is 4.52 Å². The van der Waals surface area contributed by atoms with E-state index in [2.05, 4.69) is 10.1 Å².